The van der Waals surface area contributed by atoms with Crippen LogP contribution in [0.15, 0.2) is 57.8 Å². The number of nitrogens with zero attached hydrogens (tertiary/aromatic N) is 5. The van der Waals surface area contributed by atoms with Crippen molar-refractivity contribution in [3.05, 3.63) is 70.3 Å². The largest absolute Gasteiger partial charge is 0.442 e. The standard InChI is InChI=1S/C20H17N5O4/c1-13-6-8-14(9-7-13)19-21-17(29-23-19)10-11-18(26)28-12-25-20(27)15-4-2-3-5-16(15)22-24-25/h2-9H,10-12H2,1H3. The third-order valence-corrected chi connectivity index (χ3v) is 4.30. The van der Waals surface area contributed by atoms with Crippen LogP contribution in [-0.2, 0) is 22.7 Å². The van der Waals surface area contributed by atoms with E-state index in [-0.39, 0.29) is 25.1 Å². The normalized spacial score (nSPS) is 10.9. The Morgan fingerprint density at radius 2 is 1.93 bits per heavy atom. The summed E-state index contributed by atoms with van der Waals surface area (Å²) < 4.78 is 11.3. The molecule has 0 amide bonds. The number of carbonyl (C=O) groups excluding carboxylic acids is 1. The van der Waals surface area contributed by atoms with Crippen LogP contribution in [0.5, 0.6) is 0 Å². The summed E-state index contributed by atoms with van der Waals surface area (Å²) in [6.45, 7) is 1.68. The molecule has 0 aliphatic carbocycles. The number of aromatic nitrogens is 5. The van der Waals surface area contributed by atoms with Crippen LogP contribution < -0.4 is 5.56 Å². The molecule has 9 nitrogen and oxygen atoms in total. The van der Waals surface area contributed by atoms with Crippen LogP contribution in [-0.4, -0.2) is 31.1 Å². The first-order valence-electron chi connectivity index (χ1n) is 8.98. The molecule has 0 spiro atoms. The van der Waals surface area contributed by atoms with Crippen molar-refractivity contribution in [3.8, 4) is 11.4 Å². The van der Waals surface area contributed by atoms with E-state index in [4.69, 9.17) is 9.26 Å². The van der Waals surface area contributed by atoms with E-state index in [9.17, 15) is 9.59 Å². The Morgan fingerprint density at radius 3 is 2.76 bits per heavy atom. The summed E-state index contributed by atoms with van der Waals surface area (Å²) in [7, 11) is 0. The molecule has 0 N–H and O–H groups in total. The molecule has 0 unspecified atom stereocenters. The van der Waals surface area contributed by atoms with Crippen LogP contribution in [0.25, 0.3) is 22.3 Å². The van der Waals surface area contributed by atoms with E-state index >= 15 is 0 Å². The van der Waals surface area contributed by atoms with Crippen molar-refractivity contribution in [2.45, 2.75) is 26.5 Å². The van der Waals surface area contributed by atoms with Crippen LogP contribution in [0, 0.1) is 6.92 Å². The van der Waals surface area contributed by atoms with Gasteiger partial charge in [-0.1, -0.05) is 52.3 Å². The summed E-state index contributed by atoms with van der Waals surface area (Å²) in [6.07, 6.45) is 0.265. The summed E-state index contributed by atoms with van der Waals surface area (Å²) in [5.41, 5.74) is 2.08. The maximum absolute atomic E-state index is 12.3. The van der Waals surface area contributed by atoms with Crippen LogP contribution in [0.1, 0.15) is 17.9 Å². The highest BCUT2D eigenvalue weighted by atomic mass is 16.5. The van der Waals surface area contributed by atoms with Crippen molar-refractivity contribution in [2.24, 2.45) is 0 Å². The first kappa shape index (κ1) is 18.5. The average Bonchev–Trinajstić information content (AvgIpc) is 3.21. The zero-order valence-corrected chi connectivity index (χ0v) is 15.6. The van der Waals surface area contributed by atoms with Crippen molar-refractivity contribution < 1.29 is 14.1 Å². The predicted octanol–water partition coefficient (Wildman–Crippen LogP) is 2.28. The van der Waals surface area contributed by atoms with Crippen molar-refractivity contribution in [1.29, 1.82) is 0 Å². The third-order valence-electron chi connectivity index (χ3n) is 4.30. The van der Waals surface area contributed by atoms with Gasteiger partial charge in [0.15, 0.2) is 6.73 Å². The quantitative estimate of drug-likeness (QED) is 0.460. The van der Waals surface area contributed by atoms with Gasteiger partial charge in [0.1, 0.15) is 5.52 Å². The summed E-state index contributed by atoms with van der Waals surface area (Å²) >= 11 is 0. The van der Waals surface area contributed by atoms with E-state index in [1.54, 1.807) is 24.3 Å². The Kier molecular flexibility index (Phi) is 5.10. The third kappa shape index (κ3) is 4.18. The smallest absolute Gasteiger partial charge is 0.308 e. The van der Waals surface area contributed by atoms with Crippen LogP contribution in [0.3, 0.4) is 0 Å². The average molecular weight is 391 g/mol. The fraction of sp³-hybridized carbons (Fsp3) is 0.200. The summed E-state index contributed by atoms with van der Waals surface area (Å²) in [5.74, 6) is 0.286. The molecule has 0 aliphatic heterocycles. The Balaban J connectivity index is 1.33. The molecule has 2 heterocycles. The molecule has 4 rings (SSSR count). The van der Waals surface area contributed by atoms with Crippen molar-refractivity contribution in [2.75, 3.05) is 0 Å². The summed E-state index contributed by atoms with van der Waals surface area (Å²) in [6, 6.07) is 14.6. The van der Waals surface area contributed by atoms with Crippen LogP contribution >= 0.6 is 0 Å². The van der Waals surface area contributed by atoms with E-state index in [1.165, 1.54) is 0 Å². The van der Waals surface area contributed by atoms with Gasteiger partial charge in [-0.05, 0) is 19.1 Å². The number of ether oxygens (including phenoxy) is 1. The van der Waals surface area contributed by atoms with Gasteiger partial charge in [0.2, 0.25) is 11.7 Å². The van der Waals surface area contributed by atoms with E-state index < -0.39 is 5.97 Å². The maximum Gasteiger partial charge on any atom is 0.308 e. The number of benzene rings is 2. The van der Waals surface area contributed by atoms with Gasteiger partial charge in [-0.15, -0.1) is 5.10 Å². The van der Waals surface area contributed by atoms with E-state index in [0.717, 1.165) is 15.8 Å². The lowest BCUT2D eigenvalue weighted by Gasteiger charge is -2.05. The highest BCUT2D eigenvalue weighted by Crippen LogP contribution is 2.16. The molecule has 9 heteroatoms. The first-order chi connectivity index (χ1) is 14.1. The van der Waals surface area contributed by atoms with Crippen molar-refractivity contribution >= 4 is 16.9 Å². The number of hydrogen-bond acceptors (Lipinski definition) is 8. The SMILES string of the molecule is Cc1ccc(-c2noc(CCC(=O)OCn3nnc4ccccc4c3=O)n2)cc1. The van der Waals surface area contributed by atoms with Crippen molar-refractivity contribution in [3.63, 3.8) is 0 Å². The predicted molar refractivity (Wildman–Crippen MR) is 103 cm³/mol. The van der Waals surface area contributed by atoms with Gasteiger partial charge in [-0.25, -0.2) is 0 Å². The molecule has 0 bridgehead atoms. The van der Waals surface area contributed by atoms with Gasteiger partial charge in [-0.2, -0.15) is 9.67 Å². The van der Waals surface area contributed by atoms with Gasteiger partial charge in [-0.3, -0.25) is 9.59 Å². The molecule has 0 radical (unpaired) electrons. The van der Waals surface area contributed by atoms with Gasteiger partial charge in [0.05, 0.1) is 11.8 Å². The Morgan fingerprint density at radius 1 is 1.14 bits per heavy atom. The number of carbonyl (C=O) groups is 1. The first-order valence-corrected chi connectivity index (χ1v) is 8.98. The lowest BCUT2D eigenvalue weighted by atomic mass is 10.1. The van der Waals surface area contributed by atoms with Crippen LogP contribution in [0.2, 0.25) is 0 Å². The number of hydrogen-bond donors (Lipinski definition) is 0. The van der Waals surface area contributed by atoms with Gasteiger partial charge in [0, 0.05) is 12.0 Å². The zero-order valence-electron chi connectivity index (χ0n) is 15.6. The molecule has 2 aromatic carbocycles. The van der Waals surface area contributed by atoms with E-state index in [1.807, 2.05) is 31.2 Å². The second-order valence-electron chi connectivity index (χ2n) is 6.43. The Labute approximate surface area is 164 Å². The van der Waals surface area contributed by atoms with Gasteiger partial charge < -0.3 is 9.26 Å². The minimum Gasteiger partial charge on any atom is -0.442 e. The molecule has 4 aromatic rings. The van der Waals surface area contributed by atoms with Gasteiger partial charge in [0.25, 0.3) is 5.56 Å². The highest BCUT2D eigenvalue weighted by Gasteiger charge is 2.12. The summed E-state index contributed by atoms with van der Waals surface area (Å²) in [4.78, 5) is 28.6. The monoisotopic (exact) mass is 391 g/mol. The molecular formula is C20H17N5O4. The second-order valence-corrected chi connectivity index (χ2v) is 6.43. The van der Waals surface area contributed by atoms with E-state index in [2.05, 4.69) is 20.5 Å². The Hall–Kier alpha value is -3.88. The zero-order chi connectivity index (χ0) is 20.2. The molecule has 0 fully saturated rings. The fourth-order valence-corrected chi connectivity index (χ4v) is 2.70. The minimum absolute atomic E-state index is 0.0330. The number of aryl methyl sites for hydroxylation is 2. The fourth-order valence-electron chi connectivity index (χ4n) is 2.70. The molecule has 0 saturated heterocycles. The maximum atomic E-state index is 12.3. The molecule has 0 aliphatic rings. The number of fused-ring (bicyclic) bond motifs is 1. The molecular weight excluding hydrogens is 374 g/mol. The topological polar surface area (TPSA) is 113 Å². The van der Waals surface area contributed by atoms with E-state index in [0.29, 0.717) is 22.6 Å². The van der Waals surface area contributed by atoms with Gasteiger partial charge >= 0.3 is 5.97 Å². The highest BCUT2D eigenvalue weighted by molar-refractivity contribution is 5.76. The molecule has 0 atom stereocenters. The lowest BCUT2D eigenvalue weighted by molar-refractivity contribution is -0.148. The molecule has 0 saturated carbocycles. The molecule has 2 aromatic heterocycles. The summed E-state index contributed by atoms with van der Waals surface area (Å²) in [5, 5.41) is 12.1. The minimum atomic E-state index is -0.512. The Bertz CT molecular complexity index is 1210. The van der Waals surface area contributed by atoms with Crippen molar-refractivity contribution in [1.82, 2.24) is 25.1 Å². The number of rotatable bonds is 6. The molecule has 29 heavy (non-hydrogen) atoms. The lowest BCUT2D eigenvalue weighted by Crippen LogP contribution is -2.26. The molecule has 146 valence electrons. The van der Waals surface area contributed by atoms with Crippen LogP contribution in [0.4, 0.5) is 0 Å². The number of esters is 1. The second kappa shape index (κ2) is 8.01.